The first kappa shape index (κ1) is 11.0. The molecule has 0 unspecified atom stereocenters. The lowest BCUT2D eigenvalue weighted by molar-refractivity contribution is -0.259. The Hall–Kier alpha value is -0.0600. The van der Waals surface area contributed by atoms with E-state index in [1.54, 1.807) is 6.92 Å². The number of hydrogen-bond acceptors (Lipinski definition) is 4. The van der Waals surface area contributed by atoms with Crippen LogP contribution in [0.2, 0.25) is 0 Å². The predicted molar refractivity (Wildman–Crippen MR) is 52.6 cm³/mol. The van der Waals surface area contributed by atoms with E-state index < -0.39 is 5.79 Å². The van der Waals surface area contributed by atoms with Crippen LogP contribution in [0.3, 0.4) is 0 Å². The molecule has 1 aliphatic heterocycles. The number of hydrogen-bond donors (Lipinski definition) is 0. The van der Waals surface area contributed by atoms with Gasteiger partial charge in [-0.2, -0.15) is 0 Å². The Labute approximate surface area is 83.2 Å². The number of ether oxygens (including phenoxy) is 2. The molecule has 0 spiro atoms. The first-order chi connectivity index (χ1) is 5.99. The summed E-state index contributed by atoms with van der Waals surface area (Å²) < 4.78 is 10.9. The number of thioether (sulfide) groups is 1. The van der Waals surface area contributed by atoms with Crippen molar-refractivity contribution in [3.05, 3.63) is 0 Å². The average molecular weight is 204 g/mol. The van der Waals surface area contributed by atoms with Crippen LogP contribution in [0.5, 0.6) is 0 Å². The SMILES string of the molecule is CC(=O)SCC1COC(C)(C)OC1. The van der Waals surface area contributed by atoms with Gasteiger partial charge in [0.25, 0.3) is 0 Å². The minimum absolute atomic E-state index is 0.157. The summed E-state index contributed by atoms with van der Waals surface area (Å²) in [6, 6.07) is 0. The summed E-state index contributed by atoms with van der Waals surface area (Å²) in [4.78, 5) is 10.7. The van der Waals surface area contributed by atoms with Crippen molar-refractivity contribution in [3.8, 4) is 0 Å². The fourth-order valence-corrected chi connectivity index (χ4v) is 1.72. The molecule has 0 aromatic rings. The molecule has 0 aliphatic carbocycles. The Morgan fingerprint density at radius 1 is 1.46 bits per heavy atom. The molecule has 1 saturated heterocycles. The second kappa shape index (κ2) is 4.44. The molecule has 1 aliphatic rings. The van der Waals surface area contributed by atoms with Crippen LogP contribution in [0.15, 0.2) is 0 Å². The minimum Gasteiger partial charge on any atom is -0.350 e. The molecule has 0 N–H and O–H groups in total. The summed E-state index contributed by atoms with van der Waals surface area (Å²) in [6.45, 7) is 6.77. The lowest BCUT2D eigenvalue weighted by Gasteiger charge is -2.34. The highest BCUT2D eigenvalue weighted by molar-refractivity contribution is 8.13. The standard InChI is InChI=1S/C9H16O3S/c1-7(10)13-6-8-4-11-9(2,3)12-5-8/h8H,4-6H2,1-3H3. The lowest BCUT2D eigenvalue weighted by atomic mass is 10.2. The zero-order chi connectivity index (χ0) is 9.90. The summed E-state index contributed by atoms with van der Waals surface area (Å²) in [5, 5.41) is 0.157. The van der Waals surface area contributed by atoms with E-state index in [-0.39, 0.29) is 5.12 Å². The molecule has 0 radical (unpaired) electrons. The number of carbonyl (C=O) groups excluding carboxylic acids is 1. The molecule has 1 fully saturated rings. The van der Waals surface area contributed by atoms with E-state index in [4.69, 9.17) is 9.47 Å². The Balaban J connectivity index is 2.21. The molecular formula is C9H16O3S. The van der Waals surface area contributed by atoms with Gasteiger partial charge < -0.3 is 9.47 Å². The maximum atomic E-state index is 10.7. The van der Waals surface area contributed by atoms with Crippen molar-refractivity contribution in [1.29, 1.82) is 0 Å². The van der Waals surface area contributed by atoms with E-state index in [9.17, 15) is 4.79 Å². The Bertz CT molecular complexity index is 181. The van der Waals surface area contributed by atoms with E-state index in [2.05, 4.69) is 0 Å². The third-order valence-corrected chi connectivity index (χ3v) is 2.90. The maximum Gasteiger partial charge on any atom is 0.185 e. The summed E-state index contributed by atoms with van der Waals surface area (Å²) in [7, 11) is 0. The monoisotopic (exact) mass is 204 g/mol. The van der Waals surface area contributed by atoms with E-state index >= 15 is 0 Å². The van der Waals surface area contributed by atoms with Gasteiger partial charge in [0.2, 0.25) is 0 Å². The van der Waals surface area contributed by atoms with Crippen molar-refractivity contribution >= 4 is 16.9 Å². The van der Waals surface area contributed by atoms with Gasteiger partial charge in [0.05, 0.1) is 13.2 Å². The maximum absolute atomic E-state index is 10.7. The van der Waals surface area contributed by atoms with Gasteiger partial charge in [0.1, 0.15) is 0 Å². The first-order valence-electron chi connectivity index (χ1n) is 4.41. The summed E-state index contributed by atoms with van der Waals surface area (Å²) >= 11 is 1.34. The van der Waals surface area contributed by atoms with Gasteiger partial charge in [-0.3, -0.25) is 4.79 Å². The second-order valence-electron chi connectivity index (χ2n) is 3.69. The Kier molecular flexibility index (Phi) is 3.76. The zero-order valence-corrected chi connectivity index (χ0v) is 9.15. The van der Waals surface area contributed by atoms with Crippen molar-refractivity contribution in [2.24, 2.45) is 5.92 Å². The molecule has 0 aromatic carbocycles. The fourth-order valence-electron chi connectivity index (χ4n) is 1.06. The number of rotatable bonds is 2. The van der Waals surface area contributed by atoms with Crippen LogP contribution in [0.4, 0.5) is 0 Å². The average Bonchev–Trinajstić information content (AvgIpc) is 2.02. The molecular weight excluding hydrogens is 188 g/mol. The van der Waals surface area contributed by atoms with Crippen LogP contribution >= 0.6 is 11.8 Å². The topological polar surface area (TPSA) is 35.5 Å². The van der Waals surface area contributed by atoms with Crippen LogP contribution < -0.4 is 0 Å². The molecule has 76 valence electrons. The van der Waals surface area contributed by atoms with Crippen LogP contribution in [-0.4, -0.2) is 29.9 Å². The molecule has 3 nitrogen and oxygen atoms in total. The van der Waals surface area contributed by atoms with Crippen molar-refractivity contribution in [2.75, 3.05) is 19.0 Å². The molecule has 13 heavy (non-hydrogen) atoms. The van der Waals surface area contributed by atoms with Crippen molar-refractivity contribution in [2.45, 2.75) is 26.6 Å². The fraction of sp³-hybridized carbons (Fsp3) is 0.889. The van der Waals surface area contributed by atoms with Crippen molar-refractivity contribution in [3.63, 3.8) is 0 Å². The van der Waals surface area contributed by atoms with Crippen LogP contribution in [0.1, 0.15) is 20.8 Å². The quantitative estimate of drug-likeness (QED) is 0.685. The van der Waals surface area contributed by atoms with Gasteiger partial charge in [-0.25, -0.2) is 0 Å². The predicted octanol–water partition coefficient (Wildman–Crippen LogP) is 1.67. The molecule has 0 aromatic heterocycles. The smallest absolute Gasteiger partial charge is 0.185 e. The molecule has 4 heteroatoms. The van der Waals surface area contributed by atoms with E-state index in [1.807, 2.05) is 13.8 Å². The molecule has 0 amide bonds. The van der Waals surface area contributed by atoms with Gasteiger partial charge in [-0.05, 0) is 13.8 Å². The molecule has 0 bridgehead atoms. The third kappa shape index (κ3) is 4.11. The normalized spacial score (nSPS) is 23.0. The Morgan fingerprint density at radius 3 is 2.46 bits per heavy atom. The minimum atomic E-state index is -0.447. The van der Waals surface area contributed by atoms with E-state index in [0.29, 0.717) is 19.1 Å². The molecule has 0 saturated carbocycles. The van der Waals surface area contributed by atoms with Crippen LogP contribution in [0, 0.1) is 5.92 Å². The summed E-state index contributed by atoms with van der Waals surface area (Å²) in [5.74, 6) is 0.699. The van der Waals surface area contributed by atoms with Gasteiger partial charge in [-0.15, -0.1) is 0 Å². The summed E-state index contributed by atoms with van der Waals surface area (Å²) in [5.41, 5.74) is 0. The highest BCUT2D eigenvalue weighted by atomic mass is 32.2. The van der Waals surface area contributed by atoms with Crippen LogP contribution in [0.25, 0.3) is 0 Å². The van der Waals surface area contributed by atoms with Crippen LogP contribution in [-0.2, 0) is 14.3 Å². The summed E-state index contributed by atoms with van der Waals surface area (Å²) in [6.07, 6.45) is 0. The molecule has 0 atom stereocenters. The Morgan fingerprint density at radius 2 is 2.00 bits per heavy atom. The van der Waals surface area contributed by atoms with E-state index in [0.717, 1.165) is 5.75 Å². The first-order valence-corrected chi connectivity index (χ1v) is 5.39. The second-order valence-corrected chi connectivity index (χ2v) is 4.89. The third-order valence-electron chi connectivity index (χ3n) is 1.86. The van der Waals surface area contributed by atoms with E-state index in [1.165, 1.54) is 11.8 Å². The van der Waals surface area contributed by atoms with Gasteiger partial charge in [0.15, 0.2) is 10.9 Å². The van der Waals surface area contributed by atoms with Crippen molar-refractivity contribution < 1.29 is 14.3 Å². The molecule has 1 heterocycles. The zero-order valence-electron chi connectivity index (χ0n) is 8.33. The lowest BCUT2D eigenvalue weighted by Crippen LogP contribution is -2.40. The largest absolute Gasteiger partial charge is 0.350 e. The van der Waals surface area contributed by atoms with Gasteiger partial charge in [-0.1, -0.05) is 11.8 Å². The number of carbonyl (C=O) groups is 1. The molecule has 1 rings (SSSR count). The highest BCUT2D eigenvalue weighted by Crippen LogP contribution is 2.22. The van der Waals surface area contributed by atoms with Gasteiger partial charge in [0, 0.05) is 18.6 Å². The van der Waals surface area contributed by atoms with Crippen molar-refractivity contribution in [1.82, 2.24) is 0 Å². The highest BCUT2D eigenvalue weighted by Gasteiger charge is 2.28. The van der Waals surface area contributed by atoms with Gasteiger partial charge >= 0.3 is 0 Å².